The molecular weight excluding hydrogens is 338 g/mol. The number of phenolic OH excluding ortho intramolecular Hbond substituents is 1. The minimum absolute atomic E-state index is 0.318. The zero-order valence-electron chi connectivity index (χ0n) is 16.1. The minimum Gasteiger partial charge on any atom is -0.508 e. The Balaban J connectivity index is 1.38. The first-order chi connectivity index (χ1) is 13.0. The Labute approximate surface area is 161 Å². The van der Waals surface area contributed by atoms with Crippen LogP contribution < -0.4 is 4.74 Å². The third kappa shape index (κ3) is 3.69. The van der Waals surface area contributed by atoms with Gasteiger partial charge in [-0.3, -0.25) is 0 Å². The Morgan fingerprint density at radius 3 is 2.41 bits per heavy atom. The van der Waals surface area contributed by atoms with Gasteiger partial charge in [0.1, 0.15) is 11.5 Å². The van der Waals surface area contributed by atoms with E-state index in [1.54, 1.807) is 19.2 Å². The lowest BCUT2D eigenvalue weighted by atomic mass is 9.90. The number of likely N-dealkylation sites (tertiary alicyclic amines) is 1. The maximum atomic E-state index is 11.3. The van der Waals surface area contributed by atoms with Crippen molar-refractivity contribution in [1.29, 1.82) is 0 Å². The van der Waals surface area contributed by atoms with E-state index in [0.717, 1.165) is 43.8 Å². The summed E-state index contributed by atoms with van der Waals surface area (Å²) in [5, 5.41) is 20.7. The van der Waals surface area contributed by atoms with Gasteiger partial charge in [-0.25, -0.2) is 0 Å². The number of nitrogens with zero attached hydrogens (tertiary/aromatic N) is 1. The number of hydrogen-bond acceptors (Lipinski definition) is 4. The maximum absolute atomic E-state index is 11.3. The second-order valence-electron chi connectivity index (χ2n) is 8.40. The predicted octanol–water partition coefficient (Wildman–Crippen LogP) is 3.73. The largest absolute Gasteiger partial charge is 0.508 e. The summed E-state index contributed by atoms with van der Waals surface area (Å²) in [4.78, 5) is 2.54. The van der Waals surface area contributed by atoms with Crippen molar-refractivity contribution in [3.63, 3.8) is 0 Å². The summed E-state index contributed by atoms with van der Waals surface area (Å²) >= 11 is 0. The van der Waals surface area contributed by atoms with Gasteiger partial charge in [0.05, 0.1) is 12.7 Å². The summed E-state index contributed by atoms with van der Waals surface area (Å²) in [6, 6.07) is 15.4. The Bertz CT molecular complexity index is 774. The number of benzene rings is 2. The van der Waals surface area contributed by atoms with Gasteiger partial charge in [-0.2, -0.15) is 0 Å². The Morgan fingerprint density at radius 1 is 1.11 bits per heavy atom. The van der Waals surface area contributed by atoms with Crippen LogP contribution in [0.15, 0.2) is 48.5 Å². The van der Waals surface area contributed by atoms with Gasteiger partial charge in [0.15, 0.2) is 0 Å². The number of aliphatic hydroxyl groups is 1. The number of phenols is 1. The number of fused-ring (bicyclic) bond motifs is 1. The molecule has 4 nitrogen and oxygen atoms in total. The highest BCUT2D eigenvalue weighted by Gasteiger charge is 2.49. The standard InChI is InChI=1S/C23H29NO3/c1-16(17-6-8-21(25)9-7-17)13-24-14-18-11-23(26,12-19(18)15-24)20-4-3-5-22(10-20)27-2/h3-10,16,18-19,25-26H,11-15H2,1-2H3/t16?,18-,19+,23-. The molecule has 0 radical (unpaired) electrons. The fourth-order valence-electron chi connectivity index (χ4n) is 5.04. The van der Waals surface area contributed by atoms with Gasteiger partial charge >= 0.3 is 0 Å². The third-order valence-corrected chi connectivity index (χ3v) is 6.45. The van der Waals surface area contributed by atoms with Crippen molar-refractivity contribution < 1.29 is 14.9 Å². The van der Waals surface area contributed by atoms with Gasteiger partial charge in [0.2, 0.25) is 0 Å². The third-order valence-electron chi connectivity index (χ3n) is 6.45. The molecule has 27 heavy (non-hydrogen) atoms. The molecule has 1 aliphatic heterocycles. The predicted molar refractivity (Wildman–Crippen MR) is 106 cm³/mol. The van der Waals surface area contributed by atoms with Crippen LogP contribution in [0.4, 0.5) is 0 Å². The van der Waals surface area contributed by atoms with E-state index >= 15 is 0 Å². The van der Waals surface area contributed by atoms with Crippen molar-refractivity contribution in [2.75, 3.05) is 26.7 Å². The molecule has 1 heterocycles. The number of hydrogen-bond donors (Lipinski definition) is 2. The highest BCUT2D eigenvalue weighted by atomic mass is 16.5. The fourth-order valence-corrected chi connectivity index (χ4v) is 5.04. The van der Waals surface area contributed by atoms with Gasteiger partial charge < -0.3 is 19.8 Å². The maximum Gasteiger partial charge on any atom is 0.119 e. The molecule has 1 unspecified atom stereocenters. The number of aromatic hydroxyl groups is 1. The summed E-state index contributed by atoms with van der Waals surface area (Å²) in [6.45, 7) is 5.38. The van der Waals surface area contributed by atoms with Crippen molar-refractivity contribution >= 4 is 0 Å². The highest BCUT2D eigenvalue weighted by Crippen LogP contribution is 2.49. The van der Waals surface area contributed by atoms with E-state index in [2.05, 4.69) is 11.8 Å². The van der Waals surface area contributed by atoms with Crippen molar-refractivity contribution in [2.24, 2.45) is 11.8 Å². The lowest BCUT2D eigenvalue weighted by Crippen LogP contribution is -2.30. The van der Waals surface area contributed by atoms with Crippen LogP contribution in [0, 0.1) is 11.8 Å². The molecule has 1 saturated carbocycles. The molecule has 2 aromatic rings. The first-order valence-electron chi connectivity index (χ1n) is 9.85. The zero-order chi connectivity index (χ0) is 19.0. The number of ether oxygens (including phenoxy) is 1. The highest BCUT2D eigenvalue weighted by molar-refractivity contribution is 5.33. The summed E-state index contributed by atoms with van der Waals surface area (Å²) in [5.41, 5.74) is 1.52. The lowest BCUT2D eigenvalue weighted by Gasteiger charge is -2.28. The second-order valence-corrected chi connectivity index (χ2v) is 8.40. The van der Waals surface area contributed by atoms with Crippen molar-refractivity contribution in [3.8, 4) is 11.5 Å². The van der Waals surface area contributed by atoms with Gasteiger partial charge in [-0.1, -0.05) is 31.2 Å². The van der Waals surface area contributed by atoms with E-state index in [-0.39, 0.29) is 0 Å². The molecule has 0 amide bonds. The molecule has 0 aromatic heterocycles. The van der Waals surface area contributed by atoms with E-state index in [1.807, 2.05) is 36.4 Å². The molecule has 1 saturated heterocycles. The lowest BCUT2D eigenvalue weighted by molar-refractivity contribution is 0.0310. The van der Waals surface area contributed by atoms with Crippen LogP contribution >= 0.6 is 0 Å². The van der Waals surface area contributed by atoms with E-state index in [9.17, 15) is 10.2 Å². The topological polar surface area (TPSA) is 52.9 Å². The van der Waals surface area contributed by atoms with Crippen molar-refractivity contribution in [3.05, 3.63) is 59.7 Å². The summed E-state index contributed by atoms with van der Waals surface area (Å²) in [5.74, 6) is 2.66. The molecule has 144 valence electrons. The molecule has 1 aliphatic carbocycles. The molecule has 4 heteroatoms. The summed E-state index contributed by atoms with van der Waals surface area (Å²) in [6.07, 6.45) is 1.66. The SMILES string of the molecule is COc1cccc([C@]2(O)C[C@H]3CN(CC(C)c4ccc(O)cc4)C[C@H]3C2)c1. The average Bonchev–Trinajstić information content (AvgIpc) is 3.17. The number of methoxy groups -OCH3 is 1. The molecule has 2 N–H and O–H groups in total. The van der Waals surface area contributed by atoms with Crippen LogP contribution in [-0.4, -0.2) is 41.9 Å². The molecule has 0 spiro atoms. The first-order valence-corrected chi connectivity index (χ1v) is 9.85. The van der Waals surface area contributed by atoms with E-state index in [1.165, 1.54) is 5.56 Å². The van der Waals surface area contributed by atoms with Gasteiger partial charge in [0, 0.05) is 19.6 Å². The monoisotopic (exact) mass is 367 g/mol. The van der Waals surface area contributed by atoms with E-state index < -0.39 is 5.60 Å². The van der Waals surface area contributed by atoms with Crippen LogP contribution in [0.2, 0.25) is 0 Å². The Kier molecular flexibility index (Phi) is 4.87. The Morgan fingerprint density at radius 2 is 1.78 bits per heavy atom. The normalized spacial score (nSPS) is 28.9. The fraction of sp³-hybridized carbons (Fsp3) is 0.478. The van der Waals surface area contributed by atoms with Crippen molar-refractivity contribution in [1.82, 2.24) is 4.90 Å². The van der Waals surface area contributed by atoms with E-state index in [4.69, 9.17) is 4.74 Å². The average molecular weight is 367 g/mol. The van der Waals surface area contributed by atoms with Crippen LogP contribution in [0.1, 0.15) is 36.8 Å². The molecule has 4 atom stereocenters. The summed E-state index contributed by atoms with van der Waals surface area (Å²) in [7, 11) is 1.67. The Hall–Kier alpha value is -2.04. The number of rotatable bonds is 5. The van der Waals surface area contributed by atoms with Crippen LogP contribution in [0.25, 0.3) is 0 Å². The van der Waals surface area contributed by atoms with Gasteiger partial charge in [0.25, 0.3) is 0 Å². The molecule has 2 aliphatic rings. The molecular formula is C23H29NO3. The van der Waals surface area contributed by atoms with Crippen LogP contribution in [0.5, 0.6) is 11.5 Å². The first kappa shape index (κ1) is 18.3. The molecule has 4 rings (SSSR count). The molecule has 2 aromatic carbocycles. The molecule has 0 bridgehead atoms. The smallest absolute Gasteiger partial charge is 0.119 e. The molecule has 2 fully saturated rings. The minimum atomic E-state index is -0.724. The van der Waals surface area contributed by atoms with Crippen LogP contribution in [0.3, 0.4) is 0 Å². The van der Waals surface area contributed by atoms with Crippen LogP contribution in [-0.2, 0) is 5.60 Å². The zero-order valence-corrected chi connectivity index (χ0v) is 16.1. The quantitative estimate of drug-likeness (QED) is 0.845. The van der Waals surface area contributed by atoms with Crippen molar-refractivity contribution in [2.45, 2.75) is 31.3 Å². The van der Waals surface area contributed by atoms with E-state index in [0.29, 0.717) is 23.5 Å². The van der Waals surface area contributed by atoms with Gasteiger partial charge in [-0.15, -0.1) is 0 Å². The summed E-state index contributed by atoms with van der Waals surface area (Å²) < 4.78 is 5.33. The second kappa shape index (κ2) is 7.17. The van der Waals surface area contributed by atoms with Gasteiger partial charge in [-0.05, 0) is 66.0 Å².